The molecule has 0 spiro atoms. The number of hydrogen-bond acceptors (Lipinski definition) is 5. The Bertz CT molecular complexity index is 686. The zero-order chi connectivity index (χ0) is 15.5. The molecule has 0 radical (unpaired) electrons. The van der Waals surface area contributed by atoms with Gasteiger partial charge in [0.1, 0.15) is 11.0 Å². The van der Waals surface area contributed by atoms with Crippen LogP contribution in [0.5, 0.6) is 0 Å². The van der Waals surface area contributed by atoms with Gasteiger partial charge in [0.05, 0.1) is 12.1 Å². The van der Waals surface area contributed by atoms with E-state index < -0.39 is 12.0 Å². The lowest BCUT2D eigenvalue weighted by Gasteiger charge is -2.20. The van der Waals surface area contributed by atoms with Gasteiger partial charge >= 0.3 is 5.97 Å². The summed E-state index contributed by atoms with van der Waals surface area (Å²) in [4.78, 5) is 33.4. The van der Waals surface area contributed by atoms with E-state index in [-0.39, 0.29) is 12.3 Å². The molecule has 7 heteroatoms. The van der Waals surface area contributed by atoms with Crippen LogP contribution >= 0.6 is 11.3 Å². The van der Waals surface area contributed by atoms with Gasteiger partial charge in [-0.3, -0.25) is 9.78 Å². The lowest BCUT2D eigenvalue weighted by Crippen LogP contribution is -2.41. The molecule has 1 amide bonds. The zero-order valence-electron chi connectivity index (χ0n) is 11.8. The van der Waals surface area contributed by atoms with Crippen molar-refractivity contribution in [2.75, 3.05) is 6.54 Å². The highest BCUT2D eigenvalue weighted by atomic mass is 32.1. The minimum absolute atomic E-state index is 0.139. The Kier molecular flexibility index (Phi) is 4.15. The minimum atomic E-state index is -0.930. The maximum absolute atomic E-state index is 12.3. The number of likely N-dealkylation sites (tertiary alicyclic amines) is 1. The molecule has 2 aromatic rings. The number of aromatic nitrogens is 2. The molecule has 1 atom stereocenters. The average Bonchev–Trinajstić information content (AvgIpc) is 3.17. The van der Waals surface area contributed by atoms with Gasteiger partial charge in [0.25, 0.3) is 0 Å². The SMILES string of the molecule is O=C(O)C1CCCN1C(=O)Cc1csc(-c2cccnc2)n1. The molecule has 1 fully saturated rings. The number of aliphatic carboxylic acids is 1. The first-order chi connectivity index (χ1) is 10.6. The van der Waals surface area contributed by atoms with Crippen LogP contribution in [0.3, 0.4) is 0 Å². The van der Waals surface area contributed by atoms with Gasteiger partial charge in [-0.15, -0.1) is 11.3 Å². The Balaban J connectivity index is 1.70. The van der Waals surface area contributed by atoms with Crippen molar-refractivity contribution in [1.82, 2.24) is 14.9 Å². The van der Waals surface area contributed by atoms with Crippen molar-refractivity contribution in [3.05, 3.63) is 35.6 Å². The van der Waals surface area contributed by atoms with E-state index >= 15 is 0 Å². The van der Waals surface area contributed by atoms with Gasteiger partial charge in [-0.25, -0.2) is 9.78 Å². The number of nitrogens with zero attached hydrogens (tertiary/aromatic N) is 3. The van der Waals surface area contributed by atoms with E-state index in [2.05, 4.69) is 9.97 Å². The van der Waals surface area contributed by atoms with Crippen molar-refractivity contribution in [3.8, 4) is 10.6 Å². The molecule has 3 rings (SSSR count). The molecular formula is C15H15N3O3S. The summed E-state index contributed by atoms with van der Waals surface area (Å²) in [7, 11) is 0. The summed E-state index contributed by atoms with van der Waals surface area (Å²) in [6.07, 6.45) is 4.83. The molecule has 1 N–H and O–H groups in total. The number of thiazole rings is 1. The fraction of sp³-hybridized carbons (Fsp3) is 0.333. The second kappa shape index (κ2) is 6.23. The number of carbonyl (C=O) groups is 2. The summed E-state index contributed by atoms with van der Waals surface area (Å²) in [5.41, 5.74) is 1.58. The quantitative estimate of drug-likeness (QED) is 0.930. The molecule has 0 saturated carbocycles. The van der Waals surface area contributed by atoms with E-state index in [4.69, 9.17) is 5.11 Å². The molecule has 6 nitrogen and oxygen atoms in total. The summed E-state index contributed by atoms with van der Waals surface area (Å²) in [6, 6.07) is 3.06. The average molecular weight is 317 g/mol. The van der Waals surface area contributed by atoms with Gasteiger partial charge in [-0.05, 0) is 25.0 Å². The fourth-order valence-corrected chi connectivity index (χ4v) is 3.40. The predicted octanol–water partition coefficient (Wildman–Crippen LogP) is 1.82. The van der Waals surface area contributed by atoms with Crippen LogP contribution in [-0.4, -0.2) is 44.4 Å². The molecule has 0 aromatic carbocycles. The normalized spacial score (nSPS) is 17.6. The fourth-order valence-electron chi connectivity index (χ4n) is 2.59. The monoisotopic (exact) mass is 317 g/mol. The lowest BCUT2D eigenvalue weighted by atomic mass is 10.2. The second-order valence-electron chi connectivity index (χ2n) is 5.15. The van der Waals surface area contributed by atoms with Crippen molar-refractivity contribution in [2.45, 2.75) is 25.3 Å². The molecule has 114 valence electrons. The number of carboxylic acid groups (broad SMARTS) is 1. The van der Waals surface area contributed by atoms with Gasteiger partial charge in [0.2, 0.25) is 5.91 Å². The number of rotatable bonds is 4. The maximum atomic E-state index is 12.3. The van der Waals surface area contributed by atoms with Crippen LogP contribution in [0.2, 0.25) is 0 Å². The smallest absolute Gasteiger partial charge is 0.326 e. The highest BCUT2D eigenvalue weighted by Crippen LogP contribution is 2.24. The number of carboxylic acids is 1. The maximum Gasteiger partial charge on any atom is 0.326 e. The van der Waals surface area contributed by atoms with Crippen molar-refractivity contribution in [1.29, 1.82) is 0 Å². The lowest BCUT2D eigenvalue weighted by molar-refractivity contribution is -0.148. The predicted molar refractivity (Wildman–Crippen MR) is 81.4 cm³/mol. The zero-order valence-corrected chi connectivity index (χ0v) is 12.6. The Morgan fingerprint density at radius 2 is 2.32 bits per heavy atom. The number of pyridine rings is 1. The van der Waals surface area contributed by atoms with E-state index in [1.54, 1.807) is 12.4 Å². The minimum Gasteiger partial charge on any atom is -0.480 e. The first kappa shape index (κ1) is 14.6. The summed E-state index contributed by atoms with van der Waals surface area (Å²) >= 11 is 1.46. The molecule has 22 heavy (non-hydrogen) atoms. The van der Waals surface area contributed by atoms with Gasteiger partial charge in [-0.1, -0.05) is 0 Å². The Morgan fingerprint density at radius 1 is 1.45 bits per heavy atom. The summed E-state index contributed by atoms with van der Waals surface area (Å²) in [6.45, 7) is 0.509. The molecule has 0 aliphatic carbocycles. The van der Waals surface area contributed by atoms with E-state index in [1.165, 1.54) is 16.2 Å². The second-order valence-corrected chi connectivity index (χ2v) is 6.00. The van der Waals surface area contributed by atoms with Crippen molar-refractivity contribution < 1.29 is 14.7 Å². The van der Waals surface area contributed by atoms with Crippen LogP contribution in [0.4, 0.5) is 0 Å². The third kappa shape index (κ3) is 2.99. The molecule has 1 unspecified atom stereocenters. The van der Waals surface area contributed by atoms with Crippen molar-refractivity contribution >= 4 is 23.2 Å². The summed E-state index contributed by atoms with van der Waals surface area (Å²) < 4.78 is 0. The van der Waals surface area contributed by atoms with Crippen LogP contribution < -0.4 is 0 Å². The standard InChI is InChI=1S/C15H15N3O3S/c19-13(18-6-2-4-12(18)15(20)21)7-11-9-22-14(17-11)10-3-1-5-16-8-10/h1,3,5,8-9,12H,2,4,6-7H2,(H,20,21). The van der Waals surface area contributed by atoms with E-state index in [0.717, 1.165) is 17.0 Å². The highest BCUT2D eigenvalue weighted by molar-refractivity contribution is 7.13. The van der Waals surface area contributed by atoms with Gasteiger partial charge in [-0.2, -0.15) is 0 Å². The largest absolute Gasteiger partial charge is 0.480 e. The van der Waals surface area contributed by atoms with Gasteiger partial charge < -0.3 is 10.0 Å². The van der Waals surface area contributed by atoms with Crippen LogP contribution in [-0.2, 0) is 16.0 Å². The molecular weight excluding hydrogens is 302 g/mol. The highest BCUT2D eigenvalue weighted by Gasteiger charge is 2.33. The summed E-state index contributed by atoms with van der Waals surface area (Å²) in [5.74, 6) is -1.10. The molecule has 1 saturated heterocycles. The Morgan fingerprint density at radius 3 is 3.05 bits per heavy atom. The molecule has 3 heterocycles. The first-order valence-electron chi connectivity index (χ1n) is 7.02. The molecule has 1 aliphatic heterocycles. The van der Waals surface area contributed by atoms with Crippen LogP contribution in [0.15, 0.2) is 29.9 Å². The molecule has 0 bridgehead atoms. The van der Waals surface area contributed by atoms with E-state index in [1.807, 2.05) is 17.5 Å². The number of hydrogen-bond donors (Lipinski definition) is 1. The molecule has 2 aromatic heterocycles. The summed E-state index contributed by atoms with van der Waals surface area (Å²) in [5, 5.41) is 11.8. The third-order valence-corrected chi connectivity index (χ3v) is 4.59. The first-order valence-corrected chi connectivity index (χ1v) is 7.90. The number of carbonyl (C=O) groups excluding carboxylic acids is 1. The van der Waals surface area contributed by atoms with Gasteiger partial charge in [0, 0.05) is 29.9 Å². The van der Waals surface area contributed by atoms with Crippen LogP contribution in [0.25, 0.3) is 10.6 Å². The van der Waals surface area contributed by atoms with Crippen LogP contribution in [0.1, 0.15) is 18.5 Å². The Labute approximate surface area is 131 Å². The third-order valence-electron chi connectivity index (χ3n) is 3.65. The van der Waals surface area contributed by atoms with Crippen LogP contribution in [0, 0.1) is 0 Å². The molecule has 1 aliphatic rings. The van der Waals surface area contributed by atoms with E-state index in [9.17, 15) is 9.59 Å². The van der Waals surface area contributed by atoms with Crippen molar-refractivity contribution in [3.63, 3.8) is 0 Å². The number of amides is 1. The van der Waals surface area contributed by atoms with Crippen molar-refractivity contribution in [2.24, 2.45) is 0 Å². The van der Waals surface area contributed by atoms with Gasteiger partial charge in [0.15, 0.2) is 0 Å². The van der Waals surface area contributed by atoms with E-state index in [0.29, 0.717) is 18.7 Å². The Hall–Kier alpha value is -2.28. The topological polar surface area (TPSA) is 83.4 Å².